The molecule has 1 unspecified atom stereocenters. The van der Waals surface area contributed by atoms with E-state index in [1.165, 1.54) is 6.07 Å². The van der Waals surface area contributed by atoms with E-state index in [2.05, 4.69) is 5.32 Å². The largest absolute Gasteiger partial charge is 0.349 e. The summed E-state index contributed by atoms with van der Waals surface area (Å²) in [5.41, 5.74) is 0.958. The van der Waals surface area contributed by atoms with Gasteiger partial charge in [0.05, 0.1) is 5.56 Å². The zero-order chi connectivity index (χ0) is 12.8. The van der Waals surface area contributed by atoms with Crippen molar-refractivity contribution in [2.24, 2.45) is 0 Å². The minimum absolute atomic E-state index is 0.0000813. The fourth-order valence-corrected chi connectivity index (χ4v) is 1.85. The van der Waals surface area contributed by atoms with E-state index >= 15 is 0 Å². The summed E-state index contributed by atoms with van der Waals surface area (Å²) in [5, 5.41) is 2.79. The number of nitrogens with one attached hydrogen (secondary N) is 1. The highest BCUT2D eigenvalue weighted by Crippen LogP contribution is 2.11. The third kappa shape index (κ3) is 4.00. The number of rotatable bonds is 5. The van der Waals surface area contributed by atoms with Crippen molar-refractivity contribution in [3.05, 3.63) is 35.1 Å². The summed E-state index contributed by atoms with van der Waals surface area (Å²) < 4.78 is 13.5. The average molecular weight is 258 g/mol. The maximum atomic E-state index is 13.5. The minimum atomic E-state index is -0.492. The lowest BCUT2D eigenvalue weighted by Gasteiger charge is -2.16. The molecule has 0 spiro atoms. The van der Waals surface area contributed by atoms with E-state index < -0.39 is 5.82 Å². The normalized spacial score (nSPS) is 12.2. The highest BCUT2D eigenvalue weighted by Gasteiger charge is 2.15. The average Bonchev–Trinajstić information content (AvgIpc) is 2.31. The predicted molar refractivity (Wildman–Crippen MR) is 68.0 cm³/mol. The van der Waals surface area contributed by atoms with Crippen LogP contribution in [-0.4, -0.2) is 17.8 Å². The topological polar surface area (TPSA) is 29.1 Å². The highest BCUT2D eigenvalue weighted by molar-refractivity contribution is 6.17. The summed E-state index contributed by atoms with van der Waals surface area (Å²) in [5.74, 6) is -0.383. The molecule has 2 nitrogen and oxygen atoms in total. The Hall–Kier alpha value is -1.09. The summed E-state index contributed by atoms with van der Waals surface area (Å²) >= 11 is 5.64. The zero-order valence-corrected chi connectivity index (χ0v) is 10.9. The molecule has 1 aromatic rings. The van der Waals surface area contributed by atoms with Gasteiger partial charge in [0.25, 0.3) is 5.91 Å². The Morgan fingerprint density at radius 1 is 1.53 bits per heavy atom. The van der Waals surface area contributed by atoms with Crippen molar-refractivity contribution in [2.45, 2.75) is 32.7 Å². The molecule has 0 saturated carbocycles. The molecule has 0 aliphatic carbocycles. The zero-order valence-electron chi connectivity index (χ0n) is 10.1. The van der Waals surface area contributed by atoms with Crippen LogP contribution < -0.4 is 5.32 Å². The van der Waals surface area contributed by atoms with Crippen LogP contribution in [0, 0.1) is 12.7 Å². The Balaban J connectivity index is 2.78. The fourth-order valence-electron chi connectivity index (χ4n) is 1.59. The molecule has 0 heterocycles. The Kier molecular flexibility index (Phi) is 5.42. The molecular weight excluding hydrogens is 241 g/mol. The number of benzene rings is 1. The molecule has 4 heteroatoms. The molecule has 0 aliphatic heterocycles. The number of amides is 1. The predicted octanol–water partition coefficient (Wildman–Crippen LogP) is 3.27. The molecular formula is C13H17ClFNO. The first kappa shape index (κ1) is 14.0. The van der Waals surface area contributed by atoms with Crippen molar-refractivity contribution in [3.63, 3.8) is 0 Å². The summed E-state index contributed by atoms with van der Waals surface area (Å²) in [6, 6.07) is 4.51. The lowest BCUT2D eigenvalue weighted by atomic mass is 10.1. The van der Waals surface area contributed by atoms with Crippen LogP contribution in [0.15, 0.2) is 18.2 Å². The van der Waals surface area contributed by atoms with Crippen molar-refractivity contribution in [1.82, 2.24) is 5.32 Å². The minimum Gasteiger partial charge on any atom is -0.349 e. The molecule has 1 atom stereocenters. The first-order valence-electron chi connectivity index (χ1n) is 5.71. The van der Waals surface area contributed by atoms with E-state index in [1.54, 1.807) is 12.1 Å². The number of alkyl halides is 1. The molecule has 0 radical (unpaired) electrons. The first-order valence-corrected chi connectivity index (χ1v) is 6.25. The fraction of sp³-hybridized carbons (Fsp3) is 0.462. The van der Waals surface area contributed by atoms with Crippen LogP contribution in [0.4, 0.5) is 4.39 Å². The van der Waals surface area contributed by atoms with Gasteiger partial charge >= 0.3 is 0 Å². The Morgan fingerprint density at radius 3 is 2.82 bits per heavy atom. The van der Waals surface area contributed by atoms with E-state index in [0.29, 0.717) is 12.3 Å². The van der Waals surface area contributed by atoms with Crippen molar-refractivity contribution in [1.29, 1.82) is 0 Å². The SMILES string of the molecule is CCC(CCCl)NC(=O)c1cc(C)ccc1F. The second-order valence-corrected chi connectivity index (χ2v) is 4.42. The number of hydrogen-bond acceptors (Lipinski definition) is 1. The van der Waals surface area contributed by atoms with E-state index in [0.717, 1.165) is 12.0 Å². The standard InChI is InChI=1S/C13H17ClFNO/c1-3-10(6-7-14)16-13(17)11-8-9(2)4-5-12(11)15/h4-5,8,10H,3,6-7H2,1-2H3,(H,16,17). The van der Waals surface area contributed by atoms with Gasteiger partial charge in [0.2, 0.25) is 0 Å². The summed E-state index contributed by atoms with van der Waals surface area (Å²) in [4.78, 5) is 11.9. The Morgan fingerprint density at radius 2 is 2.24 bits per heavy atom. The third-order valence-electron chi connectivity index (χ3n) is 2.65. The Labute approximate surface area is 106 Å². The van der Waals surface area contributed by atoms with Gasteiger partial charge in [-0.1, -0.05) is 18.6 Å². The molecule has 0 saturated heterocycles. The Bertz CT molecular complexity index is 395. The molecule has 17 heavy (non-hydrogen) atoms. The first-order chi connectivity index (χ1) is 8.08. The molecule has 1 amide bonds. The molecule has 1 rings (SSSR count). The van der Waals surface area contributed by atoms with Crippen LogP contribution in [-0.2, 0) is 0 Å². The summed E-state index contributed by atoms with van der Waals surface area (Å²) in [7, 11) is 0. The lowest BCUT2D eigenvalue weighted by Crippen LogP contribution is -2.35. The maximum Gasteiger partial charge on any atom is 0.254 e. The second-order valence-electron chi connectivity index (χ2n) is 4.04. The number of halogens is 2. The van der Waals surface area contributed by atoms with Gasteiger partial charge in [0, 0.05) is 11.9 Å². The highest BCUT2D eigenvalue weighted by atomic mass is 35.5. The van der Waals surface area contributed by atoms with Crippen LogP contribution in [0.2, 0.25) is 0 Å². The number of carbonyl (C=O) groups is 1. The number of carbonyl (C=O) groups excluding carboxylic acids is 1. The van der Waals surface area contributed by atoms with E-state index in [9.17, 15) is 9.18 Å². The van der Waals surface area contributed by atoms with Crippen LogP contribution in [0.3, 0.4) is 0 Å². The van der Waals surface area contributed by atoms with Crippen molar-refractivity contribution in [2.75, 3.05) is 5.88 Å². The van der Waals surface area contributed by atoms with Gasteiger partial charge in [0.1, 0.15) is 5.82 Å². The molecule has 0 bridgehead atoms. The van der Waals surface area contributed by atoms with Crippen LogP contribution >= 0.6 is 11.6 Å². The molecule has 0 aliphatic rings. The van der Waals surface area contributed by atoms with Gasteiger partial charge in [-0.3, -0.25) is 4.79 Å². The van der Waals surface area contributed by atoms with Crippen molar-refractivity contribution in [3.8, 4) is 0 Å². The van der Waals surface area contributed by atoms with Crippen LogP contribution in [0.5, 0.6) is 0 Å². The van der Waals surface area contributed by atoms with E-state index in [4.69, 9.17) is 11.6 Å². The maximum absolute atomic E-state index is 13.5. The summed E-state index contributed by atoms with van der Waals surface area (Å²) in [6.45, 7) is 3.79. The van der Waals surface area contributed by atoms with Gasteiger partial charge in [-0.25, -0.2) is 4.39 Å². The van der Waals surface area contributed by atoms with Gasteiger partial charge in [-0.05, 0) is 31.9 Å². The smallest absolute Gasteiger partial charge is 0.254 e. The molecule has 1 aromatic carbocycles. The monoisotopic (exact) mass is 257 g/mol. The van der Waals surface area contributed by atoms with Crippen molar-refractivity contribution < 1.29 is 9.18 Å². The van der Waals surface area contributed by atoms with Crippen molar-refractivity contribution >= 4 is 17.5 Å². The van der Waals surface area contributed by atoms with Crippen LogP contribution in [0.1, 0.15) is 35.7 Å². The van der Waals surface area contributed by atoms with Gasteiger partial charge < -0.3 is 5.32 Å². The molecule has 1 N–H and O–H groups in total. The third-order valence-corrected chi connectivity index (χ3v) is 2.87. The van der Waals surface area contributed by atoms with E-state index in [1.807, 2.05) is 13.8 Å². The van der Waals surface area contributed by atoms with Gasteiger partial charge in [-0.15, -0.1) is 11.6 Å². The molecule has 94 valence electrons. The van der Waals surface area contributed by atoms with Gasteiger partial charge in [-0.2, -0.15) is 0 Å². The summed E-state index contributed by atoms with van der Waals surface area (Å²) in [6.07, 6.45) is 1.48. The number of aryl methyl sites for hydroxylation is 1. The number of hydrogen-bond donors (Lipinski definition) is 1. The van der Waals surface area contributed by atoms with Gasteiger partial charge in [0.15, 0.2) is 0 Å². The second kappa shape index (κ2) is 6.60. The quantitative estimate of drug-likeness (QED) is 0.806. The van der Waals surface area contributed by atoms with E-state index in [-0.39, 0.29) is 17.5 Å². The van der Waals surface area contributed by atoms with Crippen LogP contribution in [0.25, 0.3) is 0 Å². The molecule has 0 fully saturated rings. The lowest BCUT2D eigenvalue weighted by molar-refractivity contribution is 0.0931. The molecule has 0 aromatic heterocycles.